The van der Waals surface area contributed by atoms with Crippen molar-refractivity contribution < 1.29 is 9.53 Å². The van der Waals surface area contributed by atoms with E-state index in [2.05, 4.69) is 44.6 Å². The lowest BCUT2D eigenvalue weighted by atomic mass is 10.2. The molecule has 0 unspecified atom stereocenters. The van der Waals surface area contributed by atoms with E-state index in [0.29, 0.717) is 25.5 Å². The first kappa shape index (κ1) is 18.4. The minimum absolute atomic E-state index is 0.0826. The molecule has 1 aromatic carbocycles. The van der Waals surface area contributed by atoms with Crippen LogP contribution in [0.2, 0.25) is 0 Å². The van der Waals surface area contributed by atoms with Gasteiger partial charge in [0.1, 0.15) is 5.82 Å². The van der Waals surface area contributed by atoms with Crippen molar-refractivity contribution in [3.05, 3.63) is 42.2 Å². The molecule has 1 fully saturated rings. The molecule has 8 heteroatoms. The van der Waals surface area contributed by atoms with Gasteiger partial charge in [0.15, 0.2) is 0 Å². The van der Waals surface area contributed by atoms with Crippen molar-refractivity contribution in [3.63, 3.8) is 0 Å². The van der Waals surface area contributed by atoms with E-state index in [0.717, 1.165) is 30.7 Å². The number of aryl methyl sites for hydroxylation is 1. The van der Waals surface area contributed by atoms with Crippen LogP contribution in [-0.4, -0.2) is 65.6 Å². The lowest BCUT2D eigenvalue weighted by molar-refractivity contribution is 0.201. The number of urea groups is 1. The highest BCUT2D eigenvalue weighted by Gasteiger charge is 2.23. The lowest BCUT2D eigenvalue weighted by Crippen LogP contribution is -2.50. The summed E-state index contributed by atoms with van der Waals surface area (Å²) in [6.45, 7) is 3.59. The summed E-state index contributed by atoms with van der Waals surface area (Å²) in [5, 5.41) is 8.62. The third-order valence-corrected chi connectivity index (χ3v) is 5.21. The molecule has 4 rings (SSSR count). The van der Waals surface area contributed by atoms with Crippen LogP contribution in [0.5, 0.6) is 0 Å². The maximum Gasteiger partial charge on any atom is 0.323 e. The van der Waals surface area contributed by atoms with Gasteiger partial charge in [-0.1, -0.05) is 6.07 Å². The van der Waals surface area contributed by atoms with E-state index in [1.807, 2.05) is 24.2 Å². The van der Waals surface area contributed by atoms with Crippen LogP contribution in [0.4, 0.5) is 16.3 Å². The van der Waals surface area contributed by atoms with Crippen molar-refractivity contribution in [1.29, 1.82) is 0 Å². The number of aromatic nitrogens is 3. The average Bonchev–Trinajstić information content (AvgIpc) is 3.33. The number of hydrogen-bond donors (Lipinski definition) is 2. The van der Waals surface area contributed by atoms with Crippen molar-refractivity contribution in [1.82, 2.24) is 19.7 Å². The van der Waals surface area contributed by atoms with Gasteiger partial charge in [-0.05, 0) is 18.2 Å². The maximum absolute atomic E-state index is 12.7. The molecular weight excluding hydrogens is 356 g/mol. The molecule has 0 bridgehead atoms. The lowest BCUT2D eigenvalue weighted by Gasteiger charge is -2.36. The second-order valence-corrected chi connectivity index (χ2v) is 7.01. The molecule has 3 heterocycles. The van der Waals surface area contributed by atoms with Gasteiger partial charge in [-0.25, -0.2) is 4.79 Å². The summed E-state index contributed by atoms with van der Waals surface area (Å²) in [5.74, 6) is 0.704. The molecular formula is C20H26N6O2. The molecule has 0 aliphatic carbocycles. The third-order valence-electron chi connectivity index (χ3n) is 5.21. The topological polar surface area (TPSA) is 78.4 Å². The highest BCUT2D eigenvalue weighted by Crippen LogP contribution is 2.27. The number of nitrogens with zero attached hydrogens (tertiary/aromatic N) is 4. The molecule has 0 saturated carbocycles. The molecule has 0 spiro atoms. The number of aromatic amines is 1. The molecule has 2 aromatic heterocycles. The smallest absolute Gasteiger partial charge is 0.323 e. The van der Waals surface area contributed by atoms with Crippen molar-refractivity contribution in [2.24, 2.45) is 7.05 Å². The summed E-state index contributed by atoms with van der Waals surface area (Å²) in [4.78, 5) is 20.1. The Morgan fingerprint density at radius 2 is 2.07 bits per heavy atom. The van der Waals surface area contributed by atoms with Gasteiger partial charge in [-0.3, -0.25) is 10.00 Å². The molecule has 148 valence electrons. The first-order chi connectivity index (χ1) is 13.7. The number of ether oxygens (including phenoxy) is 1. The van der Waals surface area contributed by atoms with Gasteiger partial charge in [0.05, 0.1) is 12.3 Å². The Morgan fingerprint density at radius 1 is 1.25 bits per heavy atom. The first-order valence-corrected chi connectivity index (χ1v) is 9.54. The first-order valence-electron chi connectivity index (χ1n) is 9.54. The number of rotatable bonds is 5. The Labute approximate surface area is 164 Å². The molecule has 3 aromatic rings. The van der Waals surface area contributed by atoms with E-state index in [1.54, 1.807) is 11.8 Å². The number of hydrogen-bond acceptors (Lipinski definition) is 4. The normalized spacial score (nSPS) is 14.6. The van der Waals surface area contributed by atoms with Gasteiger partial charge in [0.25, 0.3) is 0 Å². The number of H-pyrrole nitrogens is 1. The highest BCUT2D eigenvalue weighted by molar-refractivity contribution is 5.93. The van der Waals surface area contributed by atoms with E-state index in [1.165, 1.54) is 11.1 Å². The molecule has 1 aliphatic rings. The predicted octanol–water partition coefficient (Wildman–Crippen LogP) is 2.44. The van der Waals surface area contributed by atoms with Crippen LogP contribution in [0, 0.1) is 0 Å². The monoisotopic (exact) mass is 382 g/mol. The predicted molar refractivity (Wildman–Crippen MR) is 110 cm³/mol. The number of carbonyl (C=O) groups is 1. The minimum atomic E-state index is -0.0826. The van der Waals surface area contributed by atoms with Gasteiger partial charge in [-0.15, -0.1) is 0 Å². The minimum Gasteiger partial charge on any atom is -0.384 e. The fourth-order valence-corrected chi connectivity index (χ4v) is 3.66. The average molecular weight is 382 g/mol. The van der Waals surface area contributed by atoms with Crippen LogP contribution in [0.3, 0.4) is 0 Å². The standard InChI is InChI=1S/C20H26N6O2/c1-24-19(14-15(23-24)7-13-28-2)22-20(27)26-11-9-25(10-12-26)18-5-3-4-17-16(18)6-8-21-17/h3-6,8,14,21H,7,9-13H2,1-2H3,(H,22,27). The second kappa shape index (κ2) is 7.93. The Hall–Kier alpha value is -3.00. The Bertz CT molecular complexity index is 955. The van der Waals surface area contributed by atoms with Crippen LogP contribution in [0.15, 0.2) is 36.5 Å². The van der Waals surface area contributed by atoms with E-state index < -0.39 is 0 Å². The molecule has 0 radical (unpaired) electrons. The van der Waals surface area contributed by atoms with E-state index in [-0.39, 0.29) is 6.03 Å². The molecule has 8 nitrogen and oxygen atoms in total. The fraction of sp³-hybridized carbons (Fsp3) is 0.400. The maximum atomic E-state index is 12.7. The van der Waals surface area contributed by atoms with Crippen LogP contribution < -0.4 is 10.2 Å². The van der Waals surface area contributed by atoms with Gasteiger partial charge >= 0.3 is 6.03 Å². The zero-order valence-corrected chi connectivity index (χ0v) is 16.3. The quantitative estimate of drug-likeness (QED) is 0.710. The number of amides is 2. The van der Waals surface area contributed by atoms with E-state index >= 15 is 0 Å². The number of piperazine rings is 1. The summed E-state index contributed by atoms with van der Waals surface area (Å²) >= 11 is 0. The number of anilines is 2. The second-order valence-electron chi connectivity index (χ2n) is 7.01. The van der Waals surface area contributed by atoms with Crippen LogP contribution >= 0.6 is 0 Å². The summed E-state index contributed by atoms with van der Waals surface area (Å²) in [6, 6.07) is 10.2. The van der Waals surface area contributed by atoms with Gasteiger partial charge < -0.3 is 19.5 Å². The summed E-state index contributed by atoms with van der Waals surface area (Å²) in [6.07, 6.45) is 2.69. The van der Waals surface area contributed by atoms with E-state index in [9.17, 15) is 4.79 Å². The Balaban J connectivity index is 1.37. The molecule has 2 N–H and O–H groups in total. The van der Waals surface area contributed by atoms with Crippen molar-refractivity contribution in [3.8, 4) is 0 Å². The Kier molecular flexibility index (Phi) is 5.21. The number of carbonyl (C=O) groups excluding carboxylic acids is 1. The van der Waals surface area contributed by atoms with Gasteiger partial charge in [-0.2, -0.15) is 5.10 Å². The molecule has 1 saturated heterocycles. The van der Waals surface area contributed by atoms with Crippen LogP contribution in [0.1, 0.15) is 5.69 Å². The Morgan fingerprint density at radius 3 is 2.86 bits per heavy atom. The van der Waals surface area contributed by atoms with Crippen molar-refractivity contribution in [2.45, 2.75) is 6.42 Å². The fourth-order valence-electron chi connectivity index (χ4n) is 3.66. The highest BCUT2D eigenvalue weighted by atomic mass is 16.5. The van der Waals surface area contributed by atoms with Crippen LogP contribution in [0.25, 0.3) is 10.9 Å². The largest absolute Gasteiger partial charge is 0.384 e. The summed E-state index contributed by atoms with van der Waals surface area (Å²) in [5.41, 5.74) is 3.26. The number of nitrogens with one attached hydrogen (secondary N) is 2. The molecule has 28 heavy (non-hydrogen) atoms. The number of fused-ring (bicyclic) bond motifs is 1. The van der Waals surface area contributed by atoms with Gasteiger partial charge in [0.2, 0.25) is 0 Å². The van der Waals surface area contributed by atoms with Gasteiger partial charge in [0, 0.05) is 75.6 Å². The third kappa shape index (κ3) is 3.68. The van der Waals surface area contributed by atoms with E-state index in [4.69, 9.17) is 4.74 Å². The molecule has 2 amide bonds. The summed E-state index contributed by atoms with van der Waals surface area (Å²) in [7, 11) is 3.50. The van der Waals surface area contributed by atoms with Crippen molar-refractivity contribution >= 4 is 28.4 Å². The molecule has 1 aliphatic heterocycles. The van der Waals surface area contributed by atoms with Crippen LogP contribution in [-0.2, 0) is 18.2 Å². The zero-order chi connectivity index (χ0) is 19.5. The van der Waals surface area contributed by atoms with Crippen molar-refractivity contribution in [2.75, 3.05) is 50.1 Å². The summed E-state index contributed by atoms with van der Waals surface area (Å²) < 4.78 is 6.79. The SMILES string of the molecule is COCCc1cc(NC(=O)N2CCN(c3cccc4[nH]ccc34)CC2)n(C)n1. The molecule has 0 atom stereocenters. The zero-order valence-electron chi connectivity index (χ0n) is 16.3. The number of benzene rings is 1. The number of methoxy groups -OCH3 is 1.